The van der Waals surface area contributed by atoms with Crippen LogP contribution in [0.1, 0.15) is 35.5 Å². The van der Waals surface area contributed by atoms with Crippen LogP contribution in [0.25, 0.3) is 0 Å². The number of hydrogen-bond acceptors (Lipinski definition) is 3. The first-order valence-corrected chi connectivity index (χ1v) is 6.04. The third-order valence-corrected chi connectivity index (χ3v) is 2.67. The number of carbonyl (C=O) groups excluding carboxylic acids is 1. The maximum absolute atomic E-state index is 11.9. The first kappa shape index (κ1) is 12.2. The van der Waals surface area contributed by atoms with Gasteiger partial charge in [0, 0.05) is 12.1 Å². The molecule has 1 aromatic carbocycles. The van der Waals surface area contributed by atoms with Crippen molar-refractivity contribution in [1.29, 1.82) is 0 Å². The van der Waals surface area contributed by atoms with Crippen LogP contribution < -0.4 is 5.32 Å². The number of para-hydroxylation sites is 1. The highest BCUT2D eigenvalue weighted by atomic mass is 16.1. The Labute approximate surface area is 106 Å². The molecule has 92 valence electrons. The highest BCUT2D eigenvalue weighted by Gasteiger charge is 2.19. The van der Waals surface area contributed by atoms with Gasteiger partial charge in [0.05, 0.1) is 17.5 Å². The molecular formula is C14H15N3O. The molecule has 0 fully saturated rings. The van der Waals surface area contributed by atoms with Gasteiger partial charge in [-0.25, -0.2) is 0 Å². The van der Waals surface area contributed by atoms with Crippen molar-refractivity contribution in [3.05, 3.63) is 53.3 Å². The monoisotopic (exact) mass is 241 g/mol. The average molecular weight is 241 g/mol. The van der Waals surface area contributed by atoms with E-state index in [9.17, 15) is 4.79 Å². The van der Waals surface area contributed by atoms with Gasteiger partial charge in [0.2, 0.25) is 0 Å². The standard InChI is InChI=1S/C12H9N3O.C2H6/c16-12-9-5-6-13-15-11(9)7-8-3-1-2-4-10(8)14-12;1-2/h1-6H,7H2,(H,14,16);1-2H3. The molecule has 0 unspecified atom stereocenters. The van der Waals surface area contributed by atoms with Crippen LogP contribution in [0.2, 0.25) is 0 Å². The van der Waals surface area contributed by atoms with Crippen LogP contribution in [0.5, 0.6) is 0 Å². The molecule has 0 atom stereocenters. The number of hydrogen-bond donors (Lipinski definition) is 1. The molecule has 0 aliphatic carbocycles. The molecule has 18 heavy (non-hydrogen) atoms. The third kappa shape index (κ3) is 2.22. The molecule has 3 rings (SSSR count). The number of fused-ring (bicyclic) bond motifs is 2. The van der Waals surface area contributed by atoms with Crippen molar-refractivity contribution in [2.75, 3.05) is 5.32 Å². The van der Waals surface area contributed by atoms with Crippen LogP contribution in [-0.2, 0) is 6.42 Å². The second-order valence-corrected chi connectivity index (χ2v) is 3.68. The predicted octanol–water partition coefficient (Wildman–Crippen LogP) is 2.66. The molecule has 1 aliphatic rings. The number of rotatable bonds is 0. The van der Waals surface area contributed by atoms with Gasteiger partial charge in [-0.2, -0.15) is 10.2 Å². The fourth-order valence-electron chi connectivity index (χ4n) is 1.86. The molecule has 2 aromatic rings. The van der Waals surface area contributed by atoms with Crippen molar-refractivity contribution in [3.63, 3.8) is 0 Å². The minimum atomic E-state index is -0.116. The van der Waals surface area contributed by atoms with E-state index >= 15 is 0 Å². The molecule has 2 heterocycles. The molecule has 0 radical (unpaired) electrons. The Hall–Kier alpha value is -2.23. The lowest BCUT2D eigenvalue weighted by molar-refractivity contribution is 0.102. The molecule has 0 spiro atoms. The zero-order valence-corrected chi connectivity index (χ0v) is 10.5. The van der Waals surface area contributed by atoms with E-state index in [4.69, 9.17) is 0 Å². The molecular weight excluding hydrogens is 226 g/mol. The van der Waals surface area contributed by atoms with Crippen molar-refractivity contribution >= 4 is 11.6 Å². The smallest absolute Gasteiger partial charge is 0.257 e. The van der Waals surface area contributed by atoms with Gasteiger partial charge in [0.1, 0.15) is 0 Å². The fourth-order valence-corrected chi connectivity index (χ4v) is 1.86. The summed E-state index contributed by atoms with van der Waals surface area (Å²) in [5.41, 5.74) is 3.25. The van der Waals surface area contributed by atoms with Crippen LogP contribution in [0.3, 0.4) is 0 Å². The van der Waals surface area contributed by atoms with E-state index < -0.39 is 0 Å². The van der Waals surface area contributed by atoms with E-state index in [1.807, 2.05) is 38.1 Å². The minimum absolute atomic E-state index is 0.116. The number of nitrogens with zero attached hydrogens (tertiary/aromatic N) is 2. The van der Waals surface area contributed by atoms with Crippen molar-refractivity contribution in [2.24, 2.45) is 0 Å². The lowest BCUT2D eigenvalue weighted by Gasteiger charge is -2.04. The maximum atomic E-state index is 11.9. The Balaban J connectivity index is 0.000000574. The summed E-state index contributed by atoms with van der Waals surface area (Å²) >= 11 is 0. The quantitative estimate of drug-likeness (QED) is 0.771. The van der Waals surface area contributed by atoms with Crippen LogP contribution in [0.15, 0.2) is 36.5 Å². The topological polar surface area (TPSA) is 54.9 Å². The molecule has 1 aromatic heterocycles. The molecule has 4 heteroatoms. The number of anilines is 1. The number of amides is 1. The molecule has 1 amide bonds. The van der Waals surface area contributed by atoms with Crippen LogP contribution in [0.4, 0.5) is 5.69 Å². The summed E-state index contributed by atoms with van der Waals surface area (Å²) in [4.78, 5) is 11.9. The van der Waals surface area contributed by atoms with Gasteiger partial charge in [0.15, 0.2) is 0 Å². The number of aromatic nitrogens is 2. The van der Waals surface area contributed by atoms with E-state index in [0.29, 0.717) is 12.0 Å². The lowest BCUT2D eigenvalue weighted by Crippen LogP contribution is -2.12. The maximum Gasteiger partial charge on any atom is 0.257 e. The molecule has 1 aliphatic heterocycles. The molecule has 0 saturated carbocycles. The number of benzene rings is 1. The lowest BCUT2D eigenvalue weighted by atomic mass is 10.1. The molecule has 0 bridgehead atoms. The Bertz CT molecular complexity index is 566. The van der Waals surface area contributed by atoms with E-state index in [1.54, 1.807) is 6.07 Å². The normalized spacial score (nSPS) is 12.2. The molecule has 0 saturated heterocycles. The fraction of sp³-hybridized carbons (Fsp3) is 0.214. The Morgan fingerprint density at radius 3 is 2.78 bits per heavy atom. The zero-order chi connectivity index (χ0) is 13.0. The zero-order valence-electron chi connectivity index (χ0n) is 10.5. The SMILES string of the molecule is CC.O=C1Nc2ccccc2Cc2nnccc21. The van der Waals surface area contributed by atoms with Gasteiger partial charge < -0.3 is 5.32 Å². The number of nitrogens with one attached hydrogen (secondary N) is 1. The second kappa shape index (κ2) is 5.40. The summed E-state index contributed by atoms with van der Waals surface area (Å²) in [5, 5.41) is 10.7. The molecule has 4 nitrogen and oxygen atoms in total. The van der Waals surface area contributed by atoms with Crippen LogP contribution >= 0.6 is 0 Å². The highest BCUT2D eigenvalue weighted by Crippen LogP contribution is 2.23. The predicted molar refractivity (Wildman–Crippen MR) is 70.6 cm³/mol. The largest absolute Gasteiger partial charge is 0.322 e. The van der Waals surface area contributed by atoms with E-state index in [1.165, 1.54) is 6.20 Å². The van der Waals surface area contributed by atoms with E-state index in [-0.39, 0.29) is 5.91 Å². The summed E-state index contributed by atoms with van der Waals surface area (Å²) in [7, 11) is 0. The molecule has 1 N–H and O–H groups in total. The Morgan fingerprint density at radius 2 is 1.94 bits per heavy atom. The van der Waals surface area contributed by atoms with Gasteiger partial charge in [-0.05, 0) is 17.7 Å². The number of carbonyl (C=O) groups is 1. The van der Waals surface area contributed by atoms with E-state index in [2.05, 4.69) is 15.5 Å². The first-order chi connectivity index (χ1) is 8.84. The van der Waals surface area contributed by atoms with Crippen molar-refractivity contribution in [3.8, 4) is 0 Å². The third-order valence-electron chi connectivity index (χ3n) is 2.67. The summed E-state index contributed by atoms with van der Waals surface area (Å²) in [6.07, 6.45) is 2.17. The van der Waals surface area contributed by atoms with Gasteiger partial charge in [-0.3, -0.25) is 4.79 Å². The summed E-state index contributed by atoms with van der Waals surface area (Å²) in [5.74, 6) is -0.116. The Kier molecular flexibility index (Phi) is 3.67. The summed E-state index contributed by atoms with van der Waals surface area (Å²) < 4.78 is 0. The summed E-state index contributed by atoms with van der Waals surface area (Å²) in [6.45, 7) is 4.00. The van der Waals surface area contributed by atoms with Crippen molar-refractivity contribution in [1.82, 2.24) is 10.2 Å². The highest BCUT2D eigenvalue weighted by molar-refractivity contribution is 6.06. The van der Waals surface area contributed by atoms with Gasteiger partial charge in [0.25, 0.3) is 5.91 Å². The van der Waals surface area contributed by atoms with Gasteiger partial charge in [-0.15, -0.1) is 0 Å². The van der Waals surface area contributed by atoms with Gasteiger partial charge >= 0.3 is 0 Å². The Morgan fingerprint density at radius 1 is 1.17 bits per heavy atom. The second-order valence-electron chi connectivity index (χ2n) is 3.68. The summed E-state index contributed by atoms with van der Waals surface area (Å²) in [6, 6.07) is 9.43. The van der Waals surface area contributed by atoms with Crippen molar-refractivity contribution in [2.45, 2.75) is 20.3 Å². The van der Waals surface area contributed by atoms with E-state index in [0.717, 1.165) is 16.9 Å². The first-order valence-electron chi connectivity index (χ1n) is 6.04. The van der Waals surface area contributed by atoms with Crippen molar-refractivity contribution < 1.29 is 4.79 Å². The average Bonchev–Trinajstić information content (AvgIpc) is 2.57. The minimum Gasteiger partial charge on any atom is -0.322 e. The van der Waals surface area contributed by atoms with Crippen LogP contribution in [0, 0.1) is 0 Å². The van der Waals surface area contributed by atoms with Gasteiger partial charge in [-0.1, -0.05) is 32.0 Å². The van der Waals surface area contributed by atoms with Crippen LogP contribution in [-0.4, -0.2) is 16.1 Å².